The Kier molecular flexibility index (Phi) is 4.02. The molecule has 20 heavy (non-hydrogen) atoms. The molecule has 4 heteroatoms. The lowest BCUT2D eigenvalue weighted by molar-refractivity contribution is -0.120. The maximum Gasteiger partial charge on any atom is 0.228 e. The second-order valence-electron chi connectivity index (χ2n) is 5.58. The third-order valence-corrected chi connectivity index (χ3v) is 4.22. The quantitative estimate of drug-likeness (QED) is 0.653. The van der Waals surface area contributed by atoms with E-state index in [2.05, 4.69) is 0 Å². The normalized spacial score (nSPS) is 17.2. The summed E-state index contributed by atoms with van der Waals surface area (Å²) in [7, 11) is 0. The summed E-state index contributed by atoms with van der Waals surface area (Å²) < 4.78 is 0. The molecule has 1 amide bonds. The average Bonchev–Trinajstić information content (AvgIpc) is 3.25. The number of nitrogens with two attached hydrogens (primary N) is 1. The Labute approximate surface area is 119 Å². The van der Waals surface area contributed by atoms with Crippen molar-refractivity contribution in [3.05, 3.63) is 35.4 Å². The molecule has 1 unspecified atom stereocenters. The molecule has 4 nitrogen and oxygen atoms in total. The lowest BCUT2D eigenvalue weighted by Crippen LogP contribution is -2.29. The largest absolute Gasteiger partial charge is 0.369 e. The van der Waals surface area contributed by atoms with Gasteiger partial charge in [-0.05, 0) is 36.8 Å². The van der Waals surface area contributed by atoms with Gasteiger partial charge in [0.05, 0.1) is 5.41 Å². The van der Waals surface area contributed by atoms with Gasteiger partial charge in [-0.15, -0.1) is 0 Å². The molecule has 0 heterocycles. The summed E-state index contributed by atoms with van der Waals surface area (Å²) in [4.78, 5) is 11.7. The van der Waals surface area contributed by atoms with Gasteiger partial charge in [0, 0.05) is 17.8 Å². The molecule has 1 aromatic carbocycles. The van der Waals surface area contributed by atoms with E-state index in [1.807, 2.05) is 31.2 Å². The predicted molar refractivity (Wildman–Crippen MR) is 80.5 cm³/mol. The molecule has 106 valence electrons. The van der Waals surface area contributed by atoms with E-state index >= 15 is 0 Å². The van der Waals surface area contributed by atoms with Gasteiger partial charge in [-0.3, -0.25) is 4.79 Å². The first-order chi connectivity index (χ1) is 9.51. The van der Waals surface area contributed by atoms with Crippen LogP contribution in [0.2, 0.25) is 0 Å². The SMILES string of the molecule is CC(C=N)C(=N)CCc1ccccc1C1(C(N)=O)CC1. The summed E-state index contributed by atoms with van der Waals surface area (Å²) in [5, 5.41) is 15.1. The van der Waals surface area contributed by atoms with Crippen molar-refractivity contribution < 1.29 is 4.79 Å². The Morgan fingerprint density at radius 2 is 2.10 bits per heavy atom. The molecule has 1 fully saturated rings. The molecule has 0 saturated heterocycles. The molecule has 1 aliphatic rings. The summed E-state index contributed by atoms with van der Waals surface area (Å²) in [6, 6.07) is 7.89. The van der Waals surface area contributed by atoms with E-state index in [4.69, 9.17) is 16.6 Å². The highest BCUT2D eigenvalue weighted by atomic mass is 16.1. The molecule has 1 saturated carbocycles. The molecule has 2 rings (SSSR count). The van der Waals surface area contributed by atoms with Gasteiger partial charge >= 0.3 is 0 Å². The van der Waals surface area contributed by atoms with E-state index in [1.54, 1.807) is 0 Å². The molecular formula is C16H21N3O. The fraction of sp³-hybridized carbons (Fsp3) is 0.438. The van der Waals surface area contributed by atoms with Gasteiger partial charge in [0.15, 0.2) is 0 Å². The summed E-state index contributed by atoms with van der Waals surface area (Å²) in [5.41, 5.74) is 7.77. The zero-order valence-electron chi connectivity index (χ0n) is 11.8. The minimum atomic E-state index is -0.466. The predicted octanol–water partition coefficient (Wildman–Crippen LogP) is 2.44. The van der Waals surface area contributed by atoms with Gasteiger partial charge < -0.3 is 16.6 Å². The smallest absolute Gasteiger partial charge is 0.228 e. The van der Waals surface area contributed by atoms with Crippen LogP contribution in [0.15, 0.2) is 24.3 Å². The third-order valence-electron chi connectivity index (χ3n) is 4.22. The van der Waals surface area contributed by atoms with Crippen molar-refractivity contribution in [2.24, 2.45) is 11.7 Å². The molecule has 0 spiro atoms. The summed E-state index contributed by atoms with van der Waals surface area (Å²) >= 11 is 0. The average molecular weight is 271 g/mol. The molecule has 1 aliphatic carbocycles. The van der Waals surface area contributed by atoms with E-state index in [9.17, 15) is 4.79 Å². The minimum absolute atomic E-state index is 0.117. The highest BCUT2D eigenvalue weighted by Gasteiger charge is 2.50. The number of benzene rings is 1. The lowest BCUT2D eigenvalue weighted by Gasteiger charge is -2.17. The van der Waals surface area contributed by atoms with Crippen molar-refractivity contribution >= 4 is 17.8 Å². The summed E-state index contributed by atoms with van der Waals surface area (Å²) in [6.07, 6.45) is 4.28. The second-order valence-corrected chi connectivity index (χ2v) is 5.58. The number of carbonyl (C=O) groups excluding carboxylic acids is 1. The van der Waals surface area contributed by atoms with Crippen LogP contribution in [-0.4, -0.2) is 17.8 Å². The molecule has 0 aromatic heterocycles. The van der Waals surface area contributed by atoms with Crippen molar-refractivity contribution in [2.75, 3.05) is 0 Å². The van der Waals surface area contributed by atoms with Crippen molar-refractivity contribution in [3.63, 3.8) is 0 Å². The number of aryl methyl sites for hydroxylation is 1. The van der Waals surface area contributed by atoms with Crippen LogP contribution < -0.4 is 5.73 Å². The van der Waals surface area contributed by atoms with E-state index in [0.717, 1.165) is 30.4 Å². The molecule has 1 aromatic rings. The van der Waals surface area contributed by atoms with Crippen LogP contribution in [0.5, 0.6) is 0 Å². The van der Waals surface area contributed by atoms with Crippen molar-refractivity contribution in [3.8, 4) is 0 Å². The van der Waals surface area contributed by atoms with Crippen molar-refractivity contribution in [1.29, 1.82) is 10.8 Å². The zero-order valence-corrected chi connectivity index (χ0v) is 11.8. The first-order valence-electron chi connectivity index (χ1n) is 6.97. The van der Waals surface area contributed by atoms with Crippen LogP contribution in [0.1, 0.15) is 37.3 Å². The Morgan fingerprint density at radius 1 is 1.45 bits per heavy atom. The third kappa shape index (κ3) is 2.64. The monoisotopic (exact) mass is 271 g/mol. The Hall–Kier alpha value is -1.97. The van der Waals surface area contributed by atoms with Crippen LogP contribution >= 0.6 is 0 Å². The van der Waals surface area contributed by atoms with Crippen LogP contribution in [0.25, 0.3) is 0 Å². The van der Waals surface area contributed by atoms with Crippen LogP contribution in [0, 0.1) is 16.7 Å². The molecule has 0 bridgehead atoms. The fourth-order valence-corrected chi connectivity index (χ4v) is 2.58. The van der Waals surface area contributed by atoms with Gasteiger partial charge in [0.2, 0.25) is 5.91 Å². The van der Waals surface area contributed by atoms with Gasteiger partial charge in [0.25, 0.3) is 0 Å². The standard InChI is InChI=1S/C16H21N3O/c1-11(10-17)14(18)7-6-12-4-2-3-5-13(12)16(8-9-16)15(19)20/h2-5,10-11,17-18H,6-9H2,1H3,(H2,19,20). The highest BCUT2D eigenvalue weighted by Crippen LogP contribution is 2.49. The lowest BCUT2D eigenvalue weighted by atomic mass is 9.88. The Morgan fingerprint density at radius 3 is 2.65 bits per heavy atom. The number of carbonyl (C=O) groups is 1. The first-order valence-corrected chi connectivity index (χ1v) is 6.97. The van der Waals surface area contributed by atoms with Gasteiger partial charge in [0.1, 0.15) is 0 Å². The van der Waals surface area contributed by atoms with Gasteiger partial charge in [-0.25, -0.2) is 0 Å². The topological polar surface area (TPSA) is 90.8 Å². The van der Waals surface area contributed by atoms with Crippen molar-refractivity contribution in [1.82, 2.24) is 0 Å². The number of rotatable bonds is 7. The van der Waals surface area contributed by atoms with Gasteiger partial charge in [-0.1, -0.05) is 31.2 Å². The maximum atomic E-state index is 11.7. The van der Waals surface area contributed by atoms with E-state index in [1.165, 1.54) is 6.21 Å². The number of hydrogen-bond donors (Lipinski definition) is 3. The number of primary amides is 1. The molecule has 0 aliphatic heterocycles. The Bertz CT molecular complexity index is 546. The Balaban J connectivity index is 2.16. The van der Waals surface area contributed by atoms with Gasteiger partial charge in [-0.2, -0.15) is 0 Å². The molecular weight excluding hydrogens is 250 g/mol. The molecule has 0 radical (unpaired) electrons. The number of amides is 1. The van der Waals surface area contributed by atoms with E-state index in [-0.39, 0.29) is 11.8 Å². The fourth-order valence-electron chi connectivity index (χ4n) is 2.58. The van der Waals surface area contributed by atoms with Crippen LogP contribution in [0.3, 0.4) is 0 Å². The molecule has 1 atom stereocenters. The summed E-state index contributed by atoms with van der Waals surface area (Å²) in [6.45, 7) is 1.85. The summed E-state index contributed by atoms with van der Waals surface area (Å²) in [5.74, 6) is -0.360. The number of hydrogen-bond acceptors (Lipinski definition) is 3. The second kappa shape index (κ2) is 5.57. The highest BCUT2D eigenvalue weighted by molar-refractivity contribution is 5.95. The maximum absolute atomic E-state index is 11.7. The van der Waals surface area contributed by atoms with Crippen LogP contribution in [0.4, 0.5) is 0 Å². The number of nitrogens with one attached hydrogen (secondary N) is 2. The van der Waals surface area contributed by atoms with Crippen molar-refractivity contribution in [2.45, 2.75) is 38.0 Å². The minimum Gasteiger partial charge on any atom is -0.369 e. The van der Waals surface area contributed by atoms with E-state index < -0.39 is 5.41 Å². The zero-order chi connectivity index (χ0) is 14.8. The first kappa shape index (κ1) is 14.4. The molecule has 4 N–H and O–H groups in total. The van der Waals surface area contributed by atoms with Crippen LogP contribution in [-0.2, 0) is 16.6 Å². The van der Waals surface area contributed by atoms with E-state index in [0.29, 0.717) is 12.1 Å².